The maximum atomic E-state index is 11.6. The molecule has 0 spiro atoms. The first kappa shape index (κ1) is 17.5. The maximum absolute atomic E-state index is 11.6. The Hall–Kier alpha value is -2.35. The number of benzene rings is 1. The average Bonchev–Trinajstić information content (AvgIpc) is 3.20. The van der Waals surface area contributed by atoms with Gasteiger partial charge < -0.3 is 10.6 Å². The van der Waals surface area contributed by atoms with Crippen LogP contribution >= 0.6 is 0 Å². The first-order chi connectivity index (χ1) is 12.1. The van der Waals surface area contributed by atoms with E-state index < -0.39 is 9.84 Å². The first-order valence-electron chi connectivity index (χ1n) is 8.40. The number of aromatic nitrogens is 2. The van der Waals surface area contributed by atoms with Crippen molar-refractivity contribution in [3.63, 3.8) is 0 Å². The molecule has 2 heterocycles. The minimum atomic E-state index is -2.91. The number of rotatable bonds is 5. The summed E-state index contributed by atoms with van der Waals surface area (Å²) in [5, 5.41) is 10.7. The van der Waals surface area contributed by atoms with Crippen molar-refractivity contribution in [3.05, 3.63) is 48.3 Å². The number of hydrogen-bond acceptors (Lipinski definition) is 4. The van der Waals surface area contributed by atoms with Crippen LogP contribution in [0.1, 0.15) is 18.9 Å². The number of sulfone groups is 1. The third-order valence-electron chi connectivity index (χ3n) is 3.99. The second kappa shape index (κ2) is 7.69. The molecule has 1 aliphatic rings. The number of guanidine groups is 1. The molecule has 1 atom stereocenters. The molecular formula is C17H23N5O2S. The lowest BCUT2D eigenvalue weighted by atomic mass is 10.3. The molecule has 2 N–H and O–H groups in total. The molecule has 1 unspecified atom stereocenters. The fourth-order valence-electron chi connectivity index (χ4n) is 2.76. The van der Waals surface area contributed by atoms with Crippen LogP contribution in [0.4, 0.5) is 0 Å². The van der Waals surface area contributed by atoms with Gasteiger partial charge in [0.25, 0.3) is 0 Å². The van der Waals surface area contributed by atoms with E-state index in [-0.39, 0.29) is 17.5 Å². The molecule has 0 amide bonds. The van der Waals surface area contributed by atoms with E-state index in [0.717, 1.165) is 11.3 Å². The topological polar surface area (TPSA) is 88.4 Å². The molecule has 3 rings (SSSR count). The quantitative estimate of drug-likeness (QED) is 0.615. The van der Waals surface area contributed by atoms with Gasteiger partial charge in [0.05, 0.1) is 29.9 Å². The predicted molar refractivity (Wildman–Crippen MR) is 98.6 cm³/mol. The Labute approximate surface area is 148 Å². The lowest BCUT2D eigenvalue weighted by Crippen LogP contribution is -2.44. The molecule has 0 saturated carbocycles. The van der Waals surface area contributed by atoms with Gasteiger partial charge in [-0.1, -0.05) is 18.2 Å². The molecule has 0 radical (unpaired) electrons. The van der Waals surface area contributed by atoms with Gasteiger partial charge >= 0.3 is 0 Å². The van der Waals surface area contributed by atoms with Crippen molar-refractivity contribution >= 4 is 15.8 Å². The highest BCUT2D eigenvalue weighted by molar-refractivity contribution is 7.91. The third kappa shape index (κ3) is 4.82. The van der Waals surface area contributed by atoms with Crippen LogP contribution in [-0.2, 0) is 16.4 Å². The third-order valence-corrected chi connectivity index (χ3v) is 5.76. The van der Waals surface area contributed by atoms with E-state index in [1.807, 2.05) is 48.1 Å². The van der Waals surface area contributed by atoms with Crippen molar-refractivity contribution in [1.29, 1.82) is 0 Å². The van der Waals surface area contributed by atoms with E-state index in [0.29, 0.717) is 25.5 Å². The van der Waals surface area contributed by atoms with Crippen LogP contribution in [0, 0.1) is 0 Å². The Morgan fingerprint density at radius 1 is 1.36 bits per heavy atom. The number of hydrogen-bond donors (Lipinski definition) is 2. The highest BCUT2D eigenvalue weighted by atomic mass is 32.2. The van der Waals surface area contributed by atoms with E-state index in [4.69, 9.17) is 0 Å². The van der Waals surface area contributed by atoms with Gasteiger partial charge in [0.15, 0.2) is 15.8 Å². The zero-order valence-corrected chi connectivity index (χ0v) is 15.0. The minimum absolute atomic E-state index is 0.0742. The molecule has 2 aromatic rings. The van der Waals surface area contributed by atoms with Crippen molar-refractivity contribution in [1.82, 2.24) is 20.4 Å². The van der Waals surface area contributed by atoms with Crippen LogP contribution in [0.3, 0.4) is 0 Å². The van der Waals surface area contributed by atoms with Gasteiger partial charge in [-0.2, -0.15) is 5.10 Å². The zero-order valence-electron chi connectivity index (χ0n) is 14.2. The number of nitrogens with zero attached hydrogens (tertiary/aromatic N) is 3. The summed E-state index contributed by atoms with van der Waals surface area (Å²) >= 11 is 0. The summed E-state index contributed by atoms with van der Waals surface area (Å²) in [6.45, 7) is 3.17. The second-order valence-electron chi connectivity index (χ2n) is 6.07. The van der Waals surface area contributed by atoms with Gasteiger partial charge in [-0.3, -0.25) is 0 Å². The molecule has 134 valence electrons. The molecule has 1 aliphatic heterocycles. The van der Waals surface area contributed by atoms with Crippen molar-refractivity contribution < 1.29 is 8.42 Å². The monoisotopic (exact) mass is 361 g/mol. The Morgan fingerprint density at radius 3 is 2.84 bits per heavy atom. The number of para-hydroxylation sites is 1. The number of aliphatic imine (C=N–C) groups is 1. The van der Waals surface area contributed by atoms with Crippen LogP contribution in [0.2, 0.25) is 0 Å². The fourth-order valence-corrected chi connectivity index (χ4v) is 4.43. The second-order valence-corrected chi connectivity index (χ2v) is 8.30. The SMILES string of the molecule is CCNC(=NCc1cnn(-c2ccccc2)c1)NC1CCS(=O)(=O)C1. The first-order valence-corrected chi connectivity index (χ1v) is 10.2. The van der Waals surface area contributed by atoms with Gasteiger partial charge in [-0.05, 0) is 25.5 Å². The van der Waals surface area contributed by atoms with Crippen molar-refractivity contribution in [2.75, 3.05) is 18.1 Å². The van der Waals surface area contributed by atoms with Crippen molar-refractivity contribution in [3.8, 4) is 5.69 Å². The molecule has 1 aromatic carbocycles. The van der Waals surface area contributed by atoms with Crippen molar-refractivity contribution in [2.24, 2.45) is 4.99 Å². The average molecular weight is 361 g/mol. The van der Waals surface area contributed by atoms with E-state index in [2.05, 4.69) is 20.7 Å². The number of nitrogens with one attached hydrogen (secondary N) is 2. The molecule has 0 aliphatic carbocycles. The van der Waals surface area contributed by atoms with Crippen LogP contribution in [0.5, 0.6) is 0 Å². The highest BCUT2D eigenvalue weighted by Gasteiger charge is 2.28. The molecule has 0 bridgehead atoms. The molecule has 25 heavy (non-hydrogen) atoms. The summed E-state index contributed by atoms with van der Waals surface area (Å²) in [6.07, 6.45) is 4.36. The van der Waals surface area contributed by atoms with E-state index in [1.54, 1.807) is 6.20 Å². The summed E-state index contributed by atoms with van der Waals surface area (Å²) in [6, 6.07) is 9.82. The van der Waals surface area contributed by atoms with Gasteiger partial charge in [0.1, 0.15) is 0 Å². The summed E-state index contributed by atoms with van der Waals surface area (Å²) in [7, 11) is -2.91. The minimum Gasteiger partial charge on any atom is -0.357 e. The summed E-state index contributed by atoms with van der Waals surface area (Å²) in [5.41, 5.74) is 1.99. The molecule has 7 nitrogen and oxygen atoms in total. The molecule has 1 aromatic heterocycles. The normalized spacial score (nSPS) is 19.7. The Balaban J connectivity index is 1.65. The summed E-state index contributed by atoms with van der Waals surface area (Å²) < 4.78 is 25.0. The predicted octanol–water partition coefficient (Wildman–Crippen LogP) is 1.11. The van der Waals surface area contributed by atoms with Crippen molar-refractivity contribution in [2.45, 2.75) is 25.9 Å². The van der Waals surface area contributed by atoms with Crippen LogP contribution < -0.4 is 10.6 Å². The highest BCUT2D eigenvalue weighted by Crippen LogP contribution is 2.11. The molecule has 1 saturated heterocycles. The Bertz CT molecular complexity index is 830. The molecule has 8 heteroatoms. The fraction of sp³-hybridized carbons (Fsp3) is 0.412. The van der Waals surface area contributed by atoms with Crippen LogP contribution in [-0.4, -0.2) is 48.3 Å². The Kier molecular flexibility index (Phi) is 5.37. The lowest BCUT2D eigenvalue weighted by molar-refractivity contribution is 0.599. The molecular weight excluding hydrogens is 338 g/mol. The lowest BCUT2D eigenvalue weighted by Gasteiger charge is -2.15. The summed E-state index contributed by atoms with van der Waals surface area (Å²) in [5.74, 6) is 1.05. The maximum Gasteiger partial charge on any atom is 0.191 e. The van der Waals surface area contributed by atoms with Gasteiger partial charge in [0.2, 0.25) is 0 Å². The Morgan fingerprint density at radius 2 is 2.16 bits per heavy atom. The van der Waals surface area contributed by atoms with E-state index in [1.165, 1.54) is 0 Å². The van der Waals surface area contributed by atoms with Crippen LogP contribution in [0.25, 0.3) is 5.69 Å². The molecule has 1 fully saturated rings. The smallest absolute Gasteiger partial charge is 0.191 e. The van der Waals surface area contributed by atoms with Gasteiger partial charge in [0, 0.05) is 24.3 Å². The van der Waals surface area contributed by atoms with E-state index >= 15 is 0 Å². The van der Waals surface area contributed by atoms with E-state index in [9.17, 15) is 8.42 Å². The van der Waals surface area contributed by atoms with Gasteiger partial charge in [-0.15, -0.1) is 0 Å². The summed E-state index contributed by atoms with van der Waals surface area (Å²) in [4.78, 5) is 4.55. The largest absolute Gasteiger partial charge is 0.357 e. The van der Waals surface area contributed by atoms with Gasteiger partial charge in [-0.25, -0.2) is 18.1 Å². The standard InChI is InChI=1S/C17H23N5O2S/c1-2-18-17(21-15-8-9-25(23,24)13-15)19-10-14-11-20-22(12-14)16-6-4-3-5-7-16/h3-7,11-12,15H,2,8-10,13H2,1H3,(H2,18,19,21). The zero-order chi connectivity index (χ0) is 17.7. The van der Waals surface area contributed by atoms with Crippen LogP contribution in [0.15, 0.2) is 47.7 Å².